The summed E-state index contributed by atoms with van der Waals surface area (Å²) in [5.41, 5.74) is 1.48. The summed E-state index contributed by atoms with van der Waals surface area (Å²) in [5.74, 6) is -0.703. The molecule has 9 nitrogen and oxygen atoms in total. The zero-order chi connectivity index (χ0) is 35.7. The molecule has 48 heavy (non-hydrogen) atoms. The van der Waals surface area contributed by atoms with Crippen molar-refractivity contribution in [2.24, 2.45) is 23.7 Å². The van der Waals surface area contributed by atoms with Gasteiger partial charge in [-0.2, -0.15) is 0 Å². The van der Waals surface area contributed by atoms with Gasteiger partial charge >= 0.3 is 5.97 Å². The van der Waals surface area contributed by atoms with Crippen LogP contribution in [0.25, 0.3) is 0 Å². The molecule has 5 atom stereocenters. The van der Waals surface area contributed by atoms with Crippen LogP contribution in [0.3, 0.4) is 0 Å². The fourth-order valence-electron chi connectivity index (χ4n) is 6.88. The van der Waals surface area contributed by atoms with E-state index in [0.717, 1.165) is 36.2 Å². The van der Waals surface area contributed by atoms with Crippen LogP contribution in [-0.2, 0) is 25.5 Å². The number of ether oxygens (including phenoxy) is 1. The standard InChI is InChI=1S/C38H58N4O5S/c1-23(2)19-29(20-28-15-12-11-13-16-28)39-36(45)35-26(7)48-37(40-35)34(47-27(8)43)22-32(25(5)6)42(10)38(46)30(24(3)4)21-33(44)31-17-14-18-41(31)9/h11-13,15-16,23-25,29-32,34H,14,17-22H2,1-10H3,(H,39,45)/t29-,30+,31-,32-,34-/m1/s1. The first kappa shape index (κ1) is 39.3. The van der Waals surface area contributed by atoms with Crippen LogP contribution >= 0.6 is 11.3 Å². The number of aromatic nitrogens is 1. The molecule has 1 aliphatic rings. The number of Topliss-reactive ketones (excluding diaryl/α,β-unsaturated/α-hetero) is 1. The van der Waals surface area contributed by atoms with Crippen LogP contribution in [0, 0.1) is 30.6 Å². The number of hydrogen-bond acceptors (Lipinski definition) is 8. The summed E-state index contributed by atoms with van der Waals surface area (Å²) in [4.78, 5) is 62.6. The van der Waals surface area contributed by atoms with E-state index in [1.165, 1.54) is 18.3 Å². The molecule has 1 fully saturated rings. The molecule has 0 spiro atoms. The Labute approximate surface area is 292 Å². The minimum absolute atomic E-state index is 0.0169. The fraction of sp³-hybridized carbons (Fsp3) is 0.658. The van der Waals surface area contributed by atoms with E-state index in [2.05, 4.69) is 36.2 Å². The lowest BCUT2D eigenvalue weighted by molar-refractivity contribution is -0.149. The molecular weight excluding hydrogens is 625 g/mol. The number of nitrogens with one attached hydrogen (secondary N) is 1. The number of ketones is 1. The third-order valence-corrected chi connectivity index (χ3v) is 10.6. The number of amides is 2. The Bertz CT molecular complexity index is 1370. The number of esters is 1. The summed E-state index contributed by atoms with van der Waals surface area (Å²) in [7, 11) is 3.76. The van der Waals surface area contributed by atoms with E-state index in [1.54, 1.807) is 11.9 Å². The van der Waals surface area contributed by atoms with Crippen molar-refractivity contribution >= 4 is 34.9 Å². The quantitative estimate of drug-likeness (QED) is 0.186. The van der Waals surface area contributed by atoms with Crippen molar-refractivity contribution in [3.05, 3.63) is 51.5 Å². The summed E-state index contributed by atoms with van der Waals surface area (Å²) >= 11 is 1.34. The number of hydrogen-bond donors (Lipinski definition) is 1. The van der Waals surface area contributed by atoms with Crippen molar-refractivity contribution in [3.63, 3.8) is 0 Å². The fourth-order valence-corrected chi connectivity index (χ4v) is 7.84. The summed E-state index contributed by atoms with van der Waals surface area (Å²) in [6, 6.07) is 9.64. The normalized spacial score (nSPS) is 17.7. The molecule has 1 saturated heterocycles. The first-order chi connectivity index (χ1) is 22.6. The zero-order valence-electron chi connectivity index (χ0n) is 30.7. The minimum atomic E-state index is -0.738. The first-order valence-corrected chi connectivity index (χ1v) is 18.4. The highest BCUT2D eigenvalue weighted by atomic mass is 32.1. The van der Waals surface area contributed by atoms with Crippen molar-refractivity contribution < 1.29 is 23.9 Å². The number of aryl methyl sites for hydroxylation is 1. The van der Waals surface area contributed by atoms with Crippen molar-refractivity contribution in [3.8, 4) is 0 Å². The van der Waals surface area contributed by atoms with Gasteiger partial charge in [0.25, 0.3) is 5.91 Å². The molecule has 0 bridgehead atoms. The van der Waals surface area contributed by atoms with Gasteiger partial charge in [0.1, 0.15) is 10.7 Å². The molecule has 0 saturated carbocycles. The van der Waals surface area contributed by atoms with Gasteiger partial charge in [-0.1, -0.05) is 71.9 Å². The number of benzene rings is 1. The Morgan fingerprint density at radius 2 is 1.71 bits per heavy atom. The van der Waals surface area contributed by atoms with Gasteiger partial charge in [0, 0.05) is 49.7 Å². The van der Waals surface area contributed by atoms with Gasteiger partial charge in [-0.25, -0.2) is 4.98 Å². The van der Waals surface area contributed by atoms with Crippen LogP contribution in [-0.4, -0.2) is 77.1 Å². The predicted molar refractivity (Wildman–Crippen MR) is 192 cm³/mol. The van der Waals surface area contributed by atoms with E-state index in [4.69, 9.17) is 9.72 Å². The Morgan fingerprint density at radius 1 is 1.04 bits per heavy atom. The Hall–Kier alpha value is -3.11. The predicted octanol–water partition coefficient (Wildman–Crippen LogP) is 6.64. The van der Waals surface area contributed by atoms with E-state index in [-0.39, 0.29) is 54.0 Å². The number of nitrogens with zero attached hydrogens (tertiary/aromatic N) is 3. The highest BCUT2D eigenvalue weighted by molar-refractivity contribution is 7.12. The van der Waals surface area contributed by atoms with Gasteiger partial charge in [0.05, 0.1) is 6.04 Å². The van der Waals surface area contributed by atoms with Crippen molar-refractivity contribution in [1.82, 2.24) is 20.1 Å². The average molecular weight is 683 g/mol. The lowest BCUT2D eigenvalue weighted by Crippen LogP contribution is -2.46. The molecule has 10 heteroatoms. The molecule has 1 aromatic carbocycles. The third-order valence-electron chi connectivity index (χ3n) is 9.53. The second-order valence-electron chi connectivity index (χ2n) is 14.7. The molecule has 0 aliphatic carbocycles. The molecule has 2 heterocycles. The maximum absolute atomic E-state index is 14.0. The Morgan fingerprint density at radius 3 is 2.25 bits per heavy atom. The Balaban J connectivity index is 1.82. The van der Waals surface area contributed by atoms with E-state index in [9.17, 15) is 19.2 Å². The minimum Gasteiger partial charge on any atom is -0.455 e. The number of thiazole rings is 1. The third kappa shape index (κ3) is 11.0. The lowest BCUT2D eigenvalue weighted by atomic mass is 9.86. The van der Waals surface area contributed by atoms with E-state index < -0.39 is 18.0 Å². The number of likely N-dealkylation sites (N-methyl/N-ethyl adjacent to an activating group) is 1. The molecule has 266 valence electrons. The van der Waals surface area contributed by atoms with E-state index in [0.29, 0.717) is 29.5 Å². The summed E-state index contributed by atoms with van der Waals surface area (Å²) in [6.07, 6.45) is 3.16. The van der Waals surface area contributed by atoms with Crippen LogP contribution in [0.2, 0.25) is 0 Å². The molecule has 1 aliphatic heterocycles. The van der Waals surface area contributed by atoms with Crippen LogP contribution in [0.1, 0.15) is 113 Å². The SMILES string of the molecule is CC(=O)O[C@H](C[C@H](C(C)C)N(C)C(=O)[C@@H](CC(=O)[C@H]1CCCN1C)C(C)C)c1nc(C(=O)N[C@@H](Cc2ccccc2)CC(C)C)c(C)s1. The van der Waals surface area contributed by atoms with Crippen LogP contribution < -0.4 is 5.32 Å². The molecule has 2 amide bonds. The maximum Gasteiger partial charge on any atom is 0.303 e. The highest BCUT2D eigenvalue weighted by Gasteiger charge is 2.37. The molecular formula is C38H58N4O5S. The van der Waals surface area contributed by atoms with Gasteiger partial charge in [-0.3, -0.25) is 24.1 Å². The lowest BCUT2D eigenvalue weighted by Gasteiger charge is -2.36. The van der Waals surface area contributed by atoms with Crippen molar-refractivity contribution in [2.75, 3.05) is 20.6 Å². The topological polar surface area (TPSA) is 109 Å². The van der Waals surface area contributed by atoms with Crippen molar-refractivity contribution in [1.29, 1.82) is 0 Å². The largest absolute Gasteiger partial charge is 0.455 e. The van der Waals surface area contributed by atoms with E-state index >= 15 is 0 Å². The number of carbonyl (C=O) groups excluding carboxylic acids is 4. The molecule has 0 unspecified atom stereocenters. The van der Waals surface area contributed by atoms with Gasteiger partial charge < -0.3 is 15.0 Å². The van der Waals surface area contributed by atoms with Crippen LogP contribution in [0.15, 0.2) is 30.3 Å². The monoisotopic (exact) mass is 682 g/mol. The number of carbonyl (C=O) groups is 4. The number of rotatable bonds is 17. The second-order valence-corrected chi connectivity index (χ2v) is 15.9. The summed E-state index contributed by atoms with van der Waals surface area (Å²) < 4.78 is 5.84. The average Bonchev–Trinajstić information content (AvgIpc) is 3.62. The molecule has 3 rings (SSSR count). The molecule has 1 N–H and O–H groups in total. The molecule has 0 radical (unpaired) electrons. The Kier molecular flexibility index (Phi) is 14.8. The maximum atomic E-state index is 14.0. The first-order valence-electron chi connectivity index (χ1n) is 17.6. The van der Waals surface area contributed by atoms with Gasteiger partial charge in [-0.15, -0.1) is 11.3 Å². The van der Waals surface area contributed by atoms with Gasteiger partial charge in [0.2, 0.25) is 5.91 Å². The van der Waals surface area contributed by atoms with Gasteiger partial charge in [0.15, 0.2) is 11.9 Å². The summed E-state index contributed by atoms with van der Waals surface area (Å²) in [6.45, 7) is 16.5. The van der Waals surface area contributed by atoms with E-state index in [1.807, 2.05) is 59.9 Å². The number of likely N-dealkylation sites (tertiary alicyclic amines) is 1. The van der Waals surface area contributed by atoms with Crippen LogP contribution in [0.5, 0.6) is 0 Å². The van der Waals surface area contributed by atoms with Gasteiger partial charge in [-0.05, 0) is 69.5 Å². The summed E-state index contributed by atoms with van der Waals surface area (Å²) in [5, 5.41) is 3.74. The highest BCUT2D eigenvalue weighted by Crippen LogP contribution is 2.34. The second kappa shape index (κ2) is 18.0. The molecule has 2 aromatic rings. The van der Waals surface area contributed by atoms with Crippen LogP contribution in [0.4, 0.5) is 0 Å². The smallest absolute Gasteiger partial charge is 0.303 e. The van der Waals surface area contributed by atoms with Crippen molar-refractivity contribution in [2.45, 2.75) is 118 Å². The zero-order valence-corrected chi connectivity index (χ0v) is 31.6. The molecule has 1 aromatic heterocycles.